The molecule has 0 saturated carbocycles. The van der Waals surface area contributed by atoms with E-state index in [9.17, 15) is 4.79 Å². The van der Waals surface area contributed by atoms with Gasteiger partial charge in [0, 0.05) is 23.8 Å². The van der Waals surface area contributed by atoms with Crippen LogP contribution in [0.15, 0.2) is 6.07 Å². The van der Waals surface area contributed by atoms with E-state index in [0.717, 1.165) is 30.8 Å². The molecule has 22 heavy (non-hydrogen) atoms. The topological polar surface area (TPSA) is 55.3 Å². The Labute approximate surface area is 137 Å². The molecule has 1 unspecified atom stereocenters. The Balaban J connectivity index is 2.03. The molecule has 1 amide bonds. The van der Waals surface area contributed by atoms with Crippen LogP contribution in [0.5, 0.6) is 6.01 Å². The van der Waals surface area contributed by atoms with Crippen molar-refractivity contribution in [3.05, 3.63) is 17.5 Å². The van der Waals surface area contributed by atoms with Gasteiger partial charge in [-0.15, -0.1) is 11.6 Å². The Morgan fingerprint density at radius 2 is 2.05 bits per heavy atom. The van der Waals surface area contributed by atoms with Gasteiger partial charge in [-0.1, -0.05) is 0 Å². The number of aromatic nitrogens is 2. The molecule has 1 aliphatic rings. The molecule has 122 valence electrons. The van der Waals surface area contributed by atoms with E-state index in [-0.39, 0.29) is 12.0 Å². The fraction of sp³-hybridized carbons (Fsp3) is 0.688. The molecule has 0 spiro atoms. The van der Waals surface area contributed by atoms with E-state index in [4.69, 9.17) is 16.3 Å². The molecule has 1 fully saturated rings. The predicted molar refractivity (Wildman–Crippen MR) is 86.2 cm³/mol. The van der Waals surface area contributed by atoms with E-state index in [2.05, 4.69) is 9.97 Å². The van der Waals surface area contributed by atoms with Crippen LogP contribution in [0.4, 0.5) is 0 Å². The fourth-order valence-electron chi connectivity index (χ4n) is 2.60. The average Bonchev–Trinajstić information content (AvgIpc) is 2.45. The lowest BCUT2D eigenvalue weighted by Gasteiger charge is -2.36. The first kappa shape index (κ1) is 17.0. The molecule has 1 aliphatic heterocycles. The molecular formula is C16H24ClN3O2. The standard InChI is InChI=1S/C16H24ClN3O2/c1-11-8-12(2)19-15(18-11)22-13-6-5-7-20(9-13)14(21)16(3,4)10-17/h8,13H,5-7,9-10H2,1-4H3. The number of piperidine rings is 1. The van der Waals surface area contributed by atoms with Crippen molar-refractivity contribution in [2.24, 2.45) is 5.41 Å². The summed E-state index contributed by atoms with van der Waals surface area (Å²) in [5.41, 5.74) is 1.23. The van der Waals surface area contributed by atoms with Gasteiger partial charge in [0.2, 0.25) is 5.91 Å². The van der Waals surface area contributed by atoms with Gasteiger partial charge in [0.15, 0.2) is 0 Å². The van der Waals surface area contributed by atoms with Crippen molar-refractivity contribution < 1.29 is 9.53 Å². The van der Waals surface area contributed by atoms with Crippen LogP contribution in [0.25, 0.3) is 0 Å². The van der Waals surface area contributed by atoms with Gasteiger partial charge in [-0.3, -0.25) is 4.79 Å². The SMILES string of the molecule is Cc1cc(C)nc(OC2CCCN(C(=O)C(C)(C)CCl)C2)n1. The van der Waals surface area contributed by atoms with Crippen molar-refractivity contribution in [1.29, 1.82) is 0 Å². The Hall–Kier alpha value is -1.36. The maximum atomic E-state index is 12.5. The highest BCUT2D eigenvalue weighted by Gasteiger charge is 2.34. The fourth-order valence-corrected chi connectivity index (χ4v) is 2.71. The molecule has 0 aromatic carbocycles. The Kier molecular flexibility index (Phi) is 5.27. The van der Waals surface area contributed by atoms with Gasteiger partial charge in [-0.25, -0.2) is 9.97 Å². The normalized spacial score (nSPS) is 19.1. The van der Waals surface area contributed by atoms with E-state index < -0.39 is 5.41 Å². The monoisotopic (exact) mass is 325 g/mol. The van der Waals surface area contributed by atoms with Crippen LogP contribution < -0.4 is 4.74 Å². The zero-order chi connectivity index (χ0) is 16.3. The summed E-state index contributed by atoms with van der Waals surface area (Å²) in [6.45, 7) is 8.91. The van der Waals surface area contributed by atoms with Gasteiger partial charge in [0.1, 0.15) is 6.10 Å². The number of likely N-dealkylation sites (tertiary alicyclic amines) is 1. The number of hydrogen-bond donors (Lipinski definition) is 0. The average molecular weight is 326 g/mol. The van der Waals surface area contributed by atoms with Crippen LogP contribution in [0, 0.1) is 19.3 Å². The first-order chi connectivity index (χ1) is 10.3. The van der Waals surface area contributed by atoms with Crippen LogP contribution in [0.3, 0.4) is 0 Å². The van der Waals surface area contributed by atoms with E-state index in [1.165, 1.54) is 0 Å². The number of halogens is 1. The van der Waals surface area contributed by atoms with Crippen LogP contribution >= 0.6 is 11.6 Å². The largest absolute Gasteiger partial charge is 0.458 e. The Morgan fingerprint density at radius 1 is 1.41 bits per heavy atom. The van der Waals surface area contributed by atoms with Gasteiger partial charge >= 0.3 is 6.01 Å². The summed E-state index contributed by atoms with van der Waals surface area (Å²) in [7, 11) is 0. The summed E-state index contributed by atoms with van der Waals surface area (Å²) in [4.78, 5) is 23.0. The predicted octanol–water partition coefficient (Wildman–Crippen LogP) is 2.73. The zero-order valence-electron chi connectivity index (χ0n) is 13.7. The van der Waals surface area contributed by atoms with Crippen molar-refractivity contribution in [1.82, 2.24) is 14.9 Å². The van der Waals surface area contributed by atoms with E-state index >= 15 is 0 Å². The maximum absolute atomic E-state index is 12.5. The Morgan fingerprint density at radius 3 is 2.64 bits per heavy atom. The molecule has 0 aliphatic carbocycles. The number of amides is 1. The number of ether oxygens (including phenoxy) is 1. The third kappa shape index (κ3) is 4.09. The van der Waals surface area contributed by atoms with E-state index in [0.29, 0.717) is 18.4 Å². The van der Waals surface area contributed by atoms with E-state index in [1.54, 1.807) is 0 Å². The van der Waals surface area contributed by atoms with Crippen molar-refractivity contribution in [2.75, 3.05) is 19.0 Å². The molecule has 0 bridgehead atoms. The highest BCUT2D eigenvalue weighted by molar-refractivity contribution is 6.19. The highest BCUT2D eigenvalue weighted by atomic mass is 35.5. The van der Waals surface area contributed by atoms with E-state index in [1.807, 2.05) is 38.7 Å². The second-order valence-electron chi connectivity index (χ2n) is 6.58. The number of carbonyl (C=O) groups excluding carboxylic acids is 1. The molecule has 1 saturated heterocycles. The molecule has 2 rings (SSSR count). The highest BCUT2D eigenvalue weighted by Crippen LogP contribution is 2.24. The van der Waals surface area contributed by atoms with Gasteiger partial charge in [-0.2, -0.15) is 0 Å². The summed E-state index contributed by atoms with van der Waals surface area (Å²) in [6.07, 6.45) is 1.76. The molecule has 1 aromatic heterocycles. The number of alkyl halides is 1. The zero-order valence-corrected chi connectivity index (χ0v) is 14.5. The van der Waals surface area contributed by atoms with Gasteiger partial charge in [0.05, 0.1) is 12.0 Å². The van der Waals surface area contributed by atoms with Crippen LogP contribution in [0.1, 0.15) is 38.1 Å². The van der Waals surface area contributed by atoms with Crippen LogP contribution in [-0.2, 0) is 4.79 Å². The number of rotatable bonds is 4. The smallest absolute Gasteiger partial charge is 0.317 e. The number of nitrogens with zero attached hydrogens (tertiary/aromatic N) is 3. The molecule has 1 aromatic rings. The van der Waals surface area contributed by atoms with Crippen molar-refractivity contribution >= 4 is 17.5 Å². The maximum Gasteiger partial charge on any atom is 0.317 e. The number of aryl methyl sites for hydroxylation is 2. The molecule has 2 heterocycles. The molecule has 5 nitrogen and oxygen atoms in total. The molecule has 6 heteroatoms. The summed E-state index contributed by atoms with van der Waals surface area (Å²) in [6, 6.07) is 2.31. The van der Waals surface area contributed by atoms with Crippen molar-refractivity contribution in [2.45, 2.75) is 46.6 Å². The second-order valence-corrected chi connectivity index (χ2v) is 6.85. The molecule has 0 N–H and O–H groups in total. The molecular weight excluding hydrogens is 302 g/mol. The minimum absolute atomic E-state index is 0.0648. The van der Waals surface area contributed by atoms with Crippen molar-refractivity contribution in [3.63, 3.8) is 0 Å². The second kappa shape index (κ2) is 6.82. The quantitative estimate of drug-likeness (QED) is 0.799. The third-order valence-electron chi connectivity index (χ3n) is 3.81. The lowest BCUT2D eigenvalue weighted by Crippen LogP contribution is -2.49. The van der Waals surface area contributed by atoms with Crippen LogP contribution in [0.2, 0.25) is 0 Å². The summed E-state index contributed by atoms with van der Waals surface area (Å²) >= 11 is 5.91. The van der Waals surface area contributed by atoms with Crippen LogP contribution in [-0.4, -0.2) is 45.8 Å². The molecule has 0 radical (unpaired) electrons. The first-order valence-corrected chi connectivity index (χ1v) is 8.19. The first-order valence-electron chi connectivity index (χ1n) is 7.66. The molecule has 1 atom stereocenters. The lowest BCUT2D eigenvalue weighted by molar-refractivity contribution is -0.142. The van der Waals surface area contributed by atoms with Gasteiger partial charge in [0.25, 0.3) is 0 Å². The number of carbonyl (C=O) groups is 1. The lowest BCUT2D eigenvalue weighted by atomic mass is 9.93. The van der Waals surface area contributed by atoms with Crippen molar-refractivity contribution in [3.8, 4) is 6.01 Å². The minimum Gasteiger partial charge on any atom is -0.458 e. The summed E-state index contributed by atoms with van der Waals surface area (Å²) < 4.78 is 5.89. The number of hydrogen-bond acceptors (Lipinski definition) is 4. The summed E-state index contributed by atoms with van der Waals surface area (Å²) in [5.74, 6) is 0.394. The summed E-state index contributed by atoms with van der Waals surface area (Å²) in [5, 5.41) is 0. The Bertz CT molecular complexity index is 528. The van der Waals surface area contributed by atoms with Gasteiger partial charge < -0.3 is 9.64 Å². The minimum atomic E-state index is -0.542. The third-order valence-corrected chi connectivity index (χ3v) is 4.48. The van der Waals surface area contributed by atoms with Gasteiger partial charge in [-0.05, 0) is 46.6 Å².